The van der Waals surface area contributed by atoms with E-state index in [1.54, 1.807) is 0 Å². The number of aliphatic imine (C=N–C) groups is 1. The minimum absolute atomic E-state index is 0.0345. The van der Waals surface area contributed by atoms with Crippen LogP contribution in [0, 0.1) is 23.3 Å². The van der Waals surface area contributed by atoms with Gasteiger partial charge in [0.1, 0.15) is 11.6 Å². The van der Waals surface area contributed by atoms with Gasteiger partial charge in [0.25, 0.3) is 5.91 Å². The molecule has 0 heterocycles. The Morgan fingerprint density at radius 3 is 2.26 bits per heavy atom. The van der Waals surface area contributed by atoms with Crippen molar-refractivity contribution in [3.05, 3.63) is 106 Å². The molecule has 3 rings (SSSR count). The molecular weight excluding hydrogens is 486 g/mol. The van der Waals surface area contributed by atoms with E-state index in [4.69, 9.17) is 23.1 Å². The van der Waals surface area contributed by atoms with E-state index in [0.717, 1.165) is 24.3 Å². The standard InChI is InChI=1S/C24H22ClF4N5O/c25-18-10-17(27)7-3-15(18)12-32-24(34-23(35)14-4-8-19(28)20(29)9-14)33-22(31)11-21(30)13-1-5-16(26)6-2-13/h1-10,21-22H,11-12,30-31H2,(H2,32,33,34,35). The first-order valence-corrected chi connectivity index (χ1v) is 10.8. The van der Waals surface area contributed by atoms with Crippen molar-refractivity contribution >= 4 is 23.5 Å². The summed E-state index contributed by atoms with van der Waals surface area (Å²) in [6, 6.07) is 11.5. The van der Waals surface area contributed by atoms with Gasteiger partial charge in [-0.3, -0.25) is 4.79 Å². The number of nitrogens with two attached hydrogens (primary N) is 2. The third-order valence-corrected chi connectivity index (χ3v) is 5.32. The molecule has 3 aromatic carbocycles. The Bertz CT molecular complexity index is 1220. The van der Waals surface area contributed by atoms with Crippen LogP contribution in [0.1, 0.15) is 33.9 Å². The van der Waals surface area contributed by atoms with Crippen LogP contribution in [-0.4, -0.2) is 18.0 Å². The van der Waals surface area contributed by atoms with E-state index in [-0.39, 0.29) is 29.5 Å². The molecule has 2 unspecified atom stereocenters. The van der Waals surface area contributed by atoms with Crippen LogP contribution in [0.25, 0.3) is 0 Å². The van der Waals surface area contributed by atoms with Crippen molar-refractivity contribution in [1.29, 1.82) is 0 Å². The molecule has 1 amide bonds. The van der Waals surface area contributed by atoms with Gasteiger partial charge in [-0.15, -0.1) is 0 Å². The maximum absolute atomic E-state index is 13.6. The minimum atomic E-state index is -1.20. The molecule has 0 fully saturated rings. The fraction of sp³-hybridized carbons (Fsp3) is 0.167. The largest absolute Gasteiger partial charge is 0.352 e. The molecule has 0 spiro atoms. The van der Waals surface area contributed by atoms with Crippen molar-refractivity contribution in [2.24, 2.45) is 16.5 Å². The summed E-state index contributed by atoms with van der Waals surface area (Å²) in [7, 11) is 0. The molecule has 0 radical (unpaired) electrons. The second kappa shape index (κ2) is 11.8. The average molecular weight is 508 g/mol. The van der Waals surface area contributed by atoms with Gasteiger partial charge in [-0.25, -0.2) is 17.6 Å². The Hall–Kier alpha value is -3.47. The first-order chi connectivity index (χ1) is 16.6. The highest BCUT2D eigenvalue weighted by Gasteiger charge is 2.16. The second-order valence-corrected chi connectivity index (χ2v) is 8.04. The van der Waals surface area contributed by atoms with Gasteiger partial charge in [-0.05, 0) is 60.0 Å². The van der Waals surface area contributed by atoms with Crippen LogP contribution in [0.5, 0.6) is 0 Å². The summed E-state index contributed by atoms with van der Waals surface area (Å²) >= 11 is 6.05. The van der Waals surface area contributed by atoms with Crippen molar-refractivity contribution in [2.45, 2.75) is 25.2 Å². The fourth-order valence-corrected chi connectivity index (χ4v) is 3.35. The molecule has 2 atom stereocenters. The number of halogens is 5. The summed E-state index contributed by atoms with van der Waals surface area (Å²) in [5.41, 5.74) is 13.2. The molecule has 6 nitrogen and oxygen atoms in total. The van der Waals surface area contributed by atoms with Gasteiger partial charge < -0.3 is 22.1 Å². The number of benzene rings is 3. The van der Waals surface area contributed by atoms with E-state index in [0.29, 0.717) is 11.1 Å². The van der Waals surface area contributed by atoms with Crippen LogP contribution in [0.3, 0.4) is 0 Å². The van der Waals surface area contributed by atoms with Gasteiger partial charge in [0, 0.05) is 23.2 Å². The highest BCUT2D eigenvalue weighted by molar-refractivity contribution is 6.31. The summed E-state index contributed by atoms with van der Waals surface area (Å²) in [6.45, 7) is 0.0345. The van der Waals surface area contributed by atoms with Gasteiger partial charge in [-0.2, -0.15) is 4.99 Å². The lowest BCUT2D eigenvalue weighted by molar-refractivity contribution is 0.100. The number of nitrogens with zero attached hydrogens (tertiary/aromatic N) is 1. The molecule has 0 aliphatic carbocycles. The quantitative estimate of drug-likeness (QED) is 0.166. The van der Waals surface area contributed by atoms with E-state index >= 15 is 0 Å². The predicted octanol–water partition coefficient (Wildman–Crippen LogP) is 4.15. The molecular formula is C24H22ClF4N5O. The number of guanidine groups is 1. The number of carbonyl (C=O) groups is 1. The number of hydrogen-bond donors (Lipinski definition) is 4. The highest BCUT2D eigenvalue weighted by Crippen LogP contribution is 2.18. The summed E-state index contributed by atoms with van der Waals surface area (Å²) in [5.74, 6) is -4.20. The average Bonchev–Trinajstić information content (AvgIpc) is 2.80. The van der Waals surface area contributed by atoms with Crippen LogP contribution < -0.4 is 22.1 Å². The number of nitrogens with one attached hydrogen (secondary N) is 2. The monoisotopic (exact) mass is 507 g/mol. The Balaban J connectivity index is 1.77. The van der Waals surface area contributed by atoms with Crippen molar-refractivity contribution in [3.8, 4) is 0 Å². The second-order valence-electron chi connectivity index (χ2n) is 7.63. The van der Waals surface area contributed by atoms with Crippen LogP contribution >= 0.6 is 11.6 Å². The molecule has 184 valence electrons. The SMILES string of the molecule is NC(CC(N)c1ccc(F)cc1)N/C(=N\C(=O)c1ccc(F)c(F)c1)NCc1ccc(F)cc1Cl. The third-order valence-electron chi connectivity index (χ3n) is 4.97. The molecule has 0 bridgehead atoms. The summed E-state index contributed by atoms with van der Waals surface area (Å²) in [6.07, 6.45) is -0.647. The summed E-state index contributed by atoms with van der Waals surface area (Å²) in [4.78, 5) is 16.5. The summed E-state index contributed by atoms with van der Waals surface area (Å²) in [5, 5.41) is 5.81. The number of carbonyl (C=O) groups excluding carboxylic acids is 1. The zero-order chi connectivity index (χ0) is 25.5. The zero-order valence-corrected chi connectivity index (χ0v) is 19.0. The maximum atomic E-state index is 13.6. The molecule has 0 saturated carbocycles. The third kappa shape index (κ3) is 7.51. The topological polar surface area (TPSA) is 106 Å². The van der Waals surface area contributed by atoms with Crippen molar-refractivity contribution in [1.82, 2.24) is 10.6 Å². The van der Waals surface area contributed by atoms with Gasteiger partial charge in [0.15, 0.2) is 11.6 Å². The van der Waals surface area contributed by atoms with Crippen LogP contribution in [-0.2, 0) is 6.54 Å². The molecule has 0 saturated heterocycles. The minimum Gasteiger partial charge on any atom is -0.352 e. The first-order valence-electron chi connectivity index (χ1n) is 10.4. The van der Waals surface area contributed by atoms with E-state index in [1.807, 2.05) is 0 Å². The van der Waals surface area contributed by atoms with Crippen molar-refractivity contribution in [3.63, 3.8) is 0 Å². The van der Waals surface area contributed by atoms with Crippen LogP contribution in [0.15, 0.2) is 65.7 Å². The van der Waals surface area contributed by atoms with Crippen LogP contribution in [0.2, 0.25) is 5.02 Å². The number of rotatable bonds is 7. The van der Waals surface area contributed by atoms with Gasteiger partial charge >= 0.3 is 0 Å². The smallest absolute Gasteiger partial charge is 0.280 e. The molecule has 0 aromatic heterocycles. The van der Waals surface area contributed by atoms with Crippen molar-refractivity contribution in [2.75, 3.05) is 0 Å². The summed E-state index contributed by atoms with van der Waals surface area (Å²) < 4.78 is 53.3. The zero-order valence-electron chi connectivity index (χ0n) is 18.2. The Labute approximate surface area is 204 Å². The van der Waals surface area contributed by atoms with E-state index in [2.05, 4.69) is 15.6 Å². The molecule has 3 aromatic rings. The molecule has 0 aliphatic rings. The normalized spacial score (nSPS) is 13.3. The number of hydrogen-bond acceptors (Lipinski definition) is 3. The molecule has 0 aliphatic heterocycles. The Kier molecular flexibility index (Phi) is 8.80. The van der Waals surface area contributed by atoms with Gasteiger partial charge in [-0.1, -0.05) is 29.8 Å². The molecule has 11 heteroatoms. The lowest BCUT2D eigenvalue weighted by Gasteiger charge is -2.21. The van der Waals surface area contributed by atoms with Crippen molar-refractivity contribution < 1.29 is 22.4 Å². The Morgan fingerprint density at radius 1 is 0.914 bits per heavy atom. The number of amides is 1. The van der Waals surface area contributed by atoms with E-state index in [1.165, 1.54) is 36.4 Å². The van der Waals surface area contributed by atoms with E-state index < -0.39 is 41.4 Å². The fourth-order valence-electron chi connectivity index (χ4n) is 3.12. The maximum Gasteiger partial charge on any atom is 0.280 e. The lowest BCUT2D eigenvalue weighted by atomic mass is 10.0. The van der Waals surface area contributed by atoms with Gasteiger partial charge in [0.05, 0.1) is 6.17 Å². The van der Waals surface area contributed by atoms with Crippen LogP contribution in [0.4, 0.5) is 17.6 Å². The van der Waals surface area contributed by atoms with E-state index in [9.17, 15) is 22.4 Å². The Morgan fingerprint density at radius 2 is 1.60 bits per heavy atom. The predicted molar refractivity (Wildman–Crippen MR) is 125 cm³/mol. The molecule has 6 N–H and O–H groups in total. The lowest BCUT2D eigenvalue weighted by Crippen LogP contribution is -2.49. The van der Waals surface area contributed by atoms with Gasteiger partial charge in [0.2, 0.25) is 5.96 Å². The molecule has 35 heavy (non-hydrogen) atoms. The first kappa shape index (κ1) is 26.1. The highest BCUT2D eigenvalue weighted by atomic mass is 35.5.